The minimum Gasteiger partial charge on any atom is -0.341 e. The lowest BCUT2D eigenvalue weighted by molar-refractivity contribution is 0.165. The van der Waals surface area contributed by atoms with Crippen LogP contribution >= 0.6 is 0 Å². The number of amides is 4. The van der Waals surface area contributed by atoms with Crippen LogP contribution in [0.25, 0.3) is 0 Å². The molecule has 0 saturated carbocycles. The van der Waals surface area contributed by atoms with Gasteiger partial charge in [-0.05, 0) is 12.8 Å². The van der Waals surface area contributed by atoms with E-state index in [1.54, 1.807) is 26.0 Å². The number of nitrogens with zero attached hydrogens (tertiary/aromatic N) is 2. The maximum absolute atomic E-state index is 11.8. The molecule has 6 heteroatoms. The van der Waals surface area contributed by atoms with Crippen LogP contribution in [0.2, 0.25) is 0 Å². The molecule has 1 fully saturated rings. The first-order chi connectivity index (χ1) is 7.56. The lowest BCUT2D eigenvalue weighted by atomic mass is 10.2. The Morgan fingerprint density at radius 2 is 2.12 bits per heavy atom. The van der Waals surface area contributed by atoms with Gasteiger partial charge in [-0.15, -0.1) is 0 Å². The summed E-state index contributed by atoms with van der Waals surface area (Å²) in [5, 5.41) is 5.23. The first-order valence-electron chi connectivity index (χ1n) is 5.49. The molecule has 16 heavy (non-hydrogen) atoms. The van der Waals surface area contributed by atoms with Gasteiger partial charge in [0.2, 0.25) is 0 Å². The van der Waals surface area contributed by atoms with Gasteiger partial charge in [0.15, 0.2) is 0 Å². The summed E-state index contributed by atoms with van der Waals surface area (Å²) in [4.78, 5) is 26.2. The average Bonchev–Trinajstić information content (AvgIpc) is 2.72. The first-order valence-corrected chi connectivity index (χ1v) is 5.49. The standard InChI is InChI=1S/C10H20N4O2/c1-11-9(15)12-7-8-5-4-6-14(8)10(16)13(2)3/h8H,4-7H2,1-3H3,(H2,11,12,15)/t8-/m1/s1. The van der Waals surface area contributed by atoms with Crippen molar-refractivity contribution in [2.75, 3.05) is 34.2 Å². The fourth-order valence-electron chi connectivity index (χ4n) is 1.86. The predicted molar refractivity (Wildman–Crippen MR) is 61.3 cm³/mol. The van der Waals surface area contributed by atoms with Gasteiger partial charge >= 0.3 is 12.1 Å². The highest BCUT2D eigenvalue weighted by Gasteiger charge is 2.29. The summed E-state index contributed by atoms with van der Waals surface area (Å²) in [7, 11) is 5.06. The number of hydrogen-bond acceptors (Lipinski definition) is 2. The van der Waals surface area contributed by atoms with Crippen molar-refractivity contribution in [1.82, 2.24) is 20.4 Å². The summed E-state index contributed by atoms with van der Waals surface area (Å²) in [6.45, 7) is 1.29. The Morgan fingerprint density at radius 3 is 2.69 bits per heavy atom. The van der Waals surface area contributed by atoms with E-state index in [2.05, 4.69) is 10.6 Å². The minimum atomic E-state index is -0.204. The highest BCUT2D eigenvalue weighted by atomic mass is 16.2. The van der Waals surface area contributed by atoms with Crippen LogP contribution in [0.4, 0.5) is 9.59 Å². The van der Waals surface area contributed by atoms with Gasteiger partial charge < -0.3 is 20.4 Å². The zero-order valence-corrected chi connectivity index (χ0v) is 10.1. The molecule has 1 heterocycles. The summed E-state index contributed by atoms with van der Waals surface area (Å²) < 4.78 is 0. The van der Waals surface area contributed by atoms with Gasteiger partial charge in [0.25, 0.3) is 0 Å². The van der Waals surface area contributed by atoms with E-state index in [0.29, 0.717) is 6.54 Å². The lowest BCUT2D eigenvalue weighted by Gasteiger charge is -2.27. The highest BCUT2D eigenvalue weighted by Crippen LogP contribution is 2.17. The highest BCUT2D eigenvalue weighted by molar-refractivity contribution is 5.75. The molecule has 2 N–H and O–H groups in total. The van der Waals surface area contributed by atoms with Gasteiger partial charge in [0, 0.05) is 34.2 Å². The number of carbonyl (C=O) groups is 2. The molecular weight excluding hydrogens is 208 g/mol. The number of rotatable bonds is 2. The molecule has 0 spiro atoms. The van der Waals surface area contributed by atoms with Crippen molar-refractivity contribution in [3.8, 4) is 0 Å². The number of carbonyl (C=O) groups excluding carboxylic acids is 2. The molecular formula is C10H20N4O2. The van der Waals surface area contributed by atoms with Crippen LogP contribution in [0.1, 0.15) is 12.8 Å². The second-order valence-electron chi connectivity index (χ2n) is 4.13. The smallest absolute Gasteiger partial charge is 0.319 e. The molecule has 0 aliphatic carbocycles. The molecule has 1 aliphatic rings. The third-order valence-corrected chi connectivity index (χ3v) is 2.73. The molecule has 1 rings (SSSR count). The van der Waals surface area contributed by atoms with Crippen molar-refractivity contribution < 1.29 is 9.59 Å². The summed E-state index contributed by atoms with van der Waals surface area (Å²) in [6, 6.07) is -0.0717. The van der Waals surface area contributed by atoms with Crippen LogP contribution in [0.5, 0.6) is 0 Å². The lowest BCUT2D eigenvalue weighted by Crippen LogP contribution is -2.48. The van der Waals surface area contributed by atoms with E-state index in [1.165, 1.54) is 0 Å². The van der Waals surface area contributed by atoms with Crippen molar-refractivity contribution in [3.05, 3.63) is 0 Å². The Bertz CT molecular complexity index is 268. The number of hydrogen-bond donors (Lipinski definition) is 2. The van der Waals surface area contributed by atoms with Crippen molar-refractivity contribution in [2.24, 2.45) is 0 Å². The van der Waals surface area contributed by atoms with E-state index in [4.69, 9.17) is 0 Å². The topological polar surface area (TPSA) is 64.7 Å². The largest absolute Gasteiger partial charge is 0.341 e. The van der Waals surface area contributed by atoms with E-state index in [1.807, 2.05) is 4.90 Å². The minimum absolute atomic E-state index is 0.0150. The third-order valence-electron chi connectivity index (χ3n) is 2.73. The van der Waals surface area contributed by atoms with Crippen LogP contribution in [-0.2, 0) is 0 Å². The molecule has 6 nitrogen and oxygen atoms in total. The molecule has 1 aliphatic heterocycles. The van der Waals surface area contributed by atoms with Crippen molar-refractivity contribution in [1.29, 1.82) is 0 Å². The second kappa shape index (κ2) is 5.58. The van der Waals surface area contributed by atoms with Crippen LogP contribution in [0, 0.1) is 0 Å². The second-order valence-corrected chi connectivity index (χ2v) is 4.13. The van der Waals surface area contributed by atoms with E-state index in [9.17, 15) is 9.59 Å². The third kappa shape index (κ3) is 3.01. The van der Waals surface area contributed by atoms with Gasteiger partial charge in [-0.3, -0.25) is 0 Å². The van der Waals surface area contributed by atoms with E-state index in [0.717, 1.165) is 19.4 Å². The van der Waals surface area contributed by atoms with Gasteiger partial charge in [0.1, 0.15) is 0 Å². The first kappa shape index (κ1) is 12.6. The molecule has 0 aromatic heterocycles. The molecule has 4 amide bonds. The normalized spacial score (nSPS) is 19.4. The average molecular weight is 228 g/mol. The Balaban J connectivity index is 2.46. The van der Waals surface area contributed by atoms with Crippen molar-refractivity contribution in [2.45, 2.75) is 18.9 Å². The summed E-state index contributed by atoms with van der Waals surface area (Å²) >= 11 is 0. The molecule has 92 valence electrons. The fourth-order valence-corrected chi connectivity index (χ4v) is 1.86. The number of likely N-dealkylation sites (tertiary alicyclic amines) is 1. The Hall–Kier alpha value is -1.46. The monoisotopic (exact) mass is 228 g/mol. The molecule has 1 saturated heterocycles. The van der Waals surface area contributed by atoms with Crippen LogP contribution < -0.4 is 10.6 Å². The molecule has 0 radical (unpaired) electrons. The Morgan fingerprint density at radius 1 is 1.44 bits per heavy atom. The van der Waals surface area contributed by atoms with Gasteiger partial charge in [-0.1, -0.05) is 0 Å². The van der Waals surface area contributed by atoms with E-state index in [-0.39, 0.29) is 18.1 Å². The maximum Gasteiger partial charge on any atom is 0.319 e. The van der Waals surface area contributed by atoms with Gasteiger partial charge in [0.05, 0.1) is 6.04 Å². The SMILES string of the molecule is CNC(=O)NC[C@H]1CCCN1C(=O)N(C)C. The number of nitrogens with one attached hydrogen (secondary N) is 2. The summed E-state index contributed by atoms with van der Waals surface area (Å²) in [5.74, 6) is 0. The Kier molecular flexibility index (Phi) is 4.39. The molecule has 0 bridgehead atoms. The number of urea groups is 2. The maximum atomic E-state index is 11.8. The molecule has 0 unspecified atom stereocenters. The molecule has 1 atom stereocenters. The predicted octanol–water partition coefficient (Wildman–Crippen LogP) is 0.0614. The van der Waals surface area contributed by atoms with E-state index < -0.39 is 0 Å². The van der Waals surface area contributed by atoms with Crippen LogP contribution in [-0.4, -0.2) is 62.1 Å². The Labute approximate surface area is 96.0 Å². The van der Waals surface area contributed by atoms with Gasteiger partial charge in [-0.2, -0.15) is 0 Å². The van der Waals surface area contributed by atoms with Crippen molar-refractivity contribution in [3.63, 3.8) is 0 Å². The zero-order chi connectivity index (χ0) is 12.1. The molecule has 0 aromatic rings. The van der Waals surface area contributed by atoms with Crippen LogP contribution in [0.3, 0.4) is 0 Å². The summed E-state index contributed by atoms with van der Waals surface area (Å²) in [6.07, 6.45) is 1.95. The van der Waals surface area contributed by atoms with Crippen LogP contribution in [0.15, 0.2) is 0 Å². The van der Waals surface area contributed by atoms with Crippen molar-refractivity contribution >= 4 is 12.1 Å². The zero-order valence-electron chi connectivity index (χ0n) is 10.1. The van der Waals surface area contributed by atoms with Gasteiger partial charge in [-0.25, -0.2) is 9.59 Å². The summed E-state index contributed by atoms with van der Waals surface area (Å²) in [5.41, 5.74) is 0. The quantitative estimate of drug-likeness (QED) is 0.702. The van der Waals surface area contributed by atoms with E-state index >= 15 is 0 Å². The molecule has 0 aromatic carbocycles. The fraction of sp³-hybridized carbons (Fsp3) is 0.800.